The van der Waals surface area contributed by atoms with Crippen molar-refractivity contribution in [2.45, 2.75) is 6.92 Å². The molecule has 0 bridgehead atoms. The van der Waals surface area contributed by atoms with Gasteiger partial charge in [0, 0.05) is 0 Å². The van der Waals surface area contributed by atoms with Gasteiger partial charge in [-0.3, -0.25) is 4.72 Å². The second-order valence-corrected chi connectivity index (χ2v) is 5.05. The van der Waals surface area contributed by atoms with Gasteiger partial charge in [-0.05, 0) is 25.1 Å². The van der Waals surface area contributed by atoms with Crippen molar-refractivity contribution in [1.29, 1.82) is 0 Å². The number of sulfonamides is 1. The molecule has 0 aromatic heterocycles. The minimum absolute atomic E-state index is 0.0435. The average molecular weight is 238 g/mol. The van der Waals surface area contributed by atoms with E-state index in [1.807, 2.05) is 0 Å². The zero-order valence-corrected chi connectivity index (χ0v) is 8.99. The first kappa shape index (κ1) is 11.3. The Balaban J connectivity index is 2.99. The summed E-state index contributed by atoms with van der Waals surface area (Å²) >= 11 is 5.63. The Labute approximate surface area is 86.9 Å². The topological polar surface area (TPSA) is 46.2 Å². The summed E-state index contributed by atoms with van der Waals surface area (Å²) in [5, 5.41) is 0.0435. The van der Waals surface area contributed by atoms with E-state index in [0.29, 0.717) is 0 Å². The van der Waals surface area contributed by atoms with Gasteiger partial charge in [-0.15, -0.1) is 0 Å². The molecule has 1 aromatic carbocycles. The van der Waals surface area contributed by atoms with E-state index in [0.717, 1.165) is 12.1 Å². The predicted molar refractivity (Wildman–Crippen MR) is 54.5 cm³/mol. The highest BCUT2D eigenvalue weighted by Crippen LogP contribution is 2.23. The van der Waals surface area contributed by atoms with Gasteiger partial charge in [-0.25, -0.2) is 12.8 Å². The zero-order valence-electron chi connectivity index (χ0n) is 7.42. The molecule has 1 N–H and O–H groups in total. The molecule has 0 atom stereocenters. The molecule has 0 aliphatic heterocycles. The van der Waals surface area contributed by atoms with Gasteiger partial charge in [0.1, 0.15) is 5.82 Å². The van der Waals surface area contributed by atoms with E-state index in [1.54, 1.807) is 0 Å². The number of nitrogens with one attached hydrogen (secondary N) is 1. The molecule has 0 aliphatic carbocycles. The molecule has 0 saturated heterocycles. The first-order chi connectivity index (χ1) is 6.44. The molecule has 78 valence electrons. The summed E-state index contributed by atoms with van der Waals surface area (Å²) in [7, 11) is -3.36. The smallest absolute Gasteiger partial charge is 0.232 e. The number of hydrogen-bond donors (Lipinski definition) is 1. The van der Waals surface area contributed by atoms with Crippen molar-refractivity contribution in [2.24, 2.45) is 0 Å². The average Bonchev–Trinajstić information content (AvgIpc) is 2.10. The second kappa shape index (κ2) is 4.14. The van der Waals surface area contributed by atoms with Crippen LogP contribution in [0.1, 0.15) is 6.92 Å². The van der Waals surface area contributed by atoms with Gasteiger partial charge >= 0.3 is 0 Å². The van der Waals surface area contributed by atoms with Crippen molar-refractivity contribution in [2.75, 3.05) is 10.5 Å². The Hall–Kier alpha value is -0.810. The molecule has 6 heteroatoms. The van der Waals surface area contributed by atoms with Crippen molar-refractivity contribution in [3.05, 3.63) is 29.0 Å². The summed E-state index contributed by atoms with van der Waals surface area (Å²) in [5.74, 6) is -0.560. The summed E-state index contributed by atoms with van der Waals surface area (Å²) in [6, 6.07) is 3.47. The fraction of sp³-hybridized carbons (Fsp3) is 0.250. The van der Waals surface area contributed by atoms with Crippen LogP contribution in [-0.4, -0.2) is 14.2 Å². The van der Waals surface area contributed by atoms with E-state index in [4.69, 9.17) is 11.6 Å². The Morgan fingerprint density at radius 1 is 1.50 bits per heavy atom. The molecular weight excluding hydrogens is 229 g/mol. The van der Waals surface area contributed by atoms with Gasteiger partial charge in [0.25, 0.3) is 0 Å². The Bertz CT molecular complexity index is 433. The number of anilines is 1. The number of halogens is 2. The van der Waals surface area contributed by atoms with Crippen LogP contribution in [0.5, 0.6) is 0 Å². The lowest BCUT2D eigenvalue weighted by Crippen LogP contribution is -2.14. The van der Waals surface area contributed by atoms with Gasteiger partial charge in [0.05, 0.1) is 16.5 Å². The highest BCUT2D eigenvalue weighted by Gasteiger charge is 2.09. The molecule has 0 radical (unpaired) electrons. The molecule has 0 fully saturated rings. The van der Waals surface area contributed by atoms with Crippen LogP contribution in [0.2, 0.25) is 5.02 Å². The molecule has 0 aliphatic rings. The lowest BCUT2D eigenvalue weighted by atomic mass is 10.3. The Kier molecular flexibility index (Phi) is 3.34. The quantitative estimate of drug-likeness (QED) is 0.877. The summed E-state index contributed by atoms with van der Waals surface area (Å²) < 4.78 is 37.1. The van der Waals surface area contributed by atoms with Crippen molar-refractivity contribution in [3.8, 4) is 0 Å². The van der Waals surface area contributed by atoms with Crippen molar-refractivity contribution >= 4 is 27.3 Å². The maximum absolute atomic E-state index is 12.6. The van der Waals surface area contributed by atoms with E-state index >= 15 is 0 Å². The van der Waals surface area contributed by atoms with E-state index in [-0.39, 0.29) is 16.5 Å². The van der Waals surface area contributed by atoms with Crippen LogP contribution in [0.25, 0.3) is 0 Å². The van der Waals surface area contributed by atoms with Crippen LogP contribution in [0.15, 0.2) is 18.2 Å². The third-order valence-electron chi connectivity index (χ3n) is 1.58. The lowest BCUT2D eigenvalue weighted by Gasteiger charge is -2.07. The van der Waals surface area contributed by atoms with Crippen LogP contribution >= 0.6 is 11.6 Å². The van der Waals surface area contributed by atoms with Crippen LogP contribution in [0.3, 0.4) is 0 Å². The summed E-state index contributed by atoms with van der Waals surface area (Å²) in [4.78, 5) is 0. The highest BCUT2D eigenvalue weighted by molar-refractivity contribution is 7.92. The monoisotopic (exact) mass is 237 g/mol. The van der Waals surface area contributed by atoms with E-state index in [1.165, 1.54) is 13.0 Å². The van der Waals surface area contributed by atoms with Crippen molar-refractivity contribution in [1.82, 2.24) is 0 Å². The van der Waals surface area contributed by atoms with Crippen LogP contribution in [0.4, 0.5) is 10.1 Å². The molecule has 0 amide bonds. The third kappa shape index (κ3) is 2.85. The Morgan fingerprint density at radius 2 is 2.14 bits per heavy atom. The van der Waals surface area contributed by atoms with Crippen molar-refractivity contribution < 1.29 is 12.8 Å². The van der Waals surface area contributed by atoms with Crippen LogP contribution < -0.4 is 4.72 Å². The van der Waals surface area contributed by atoms with Gasteiger partial charge in [-0.1, -0.05) is 11.6 Å². The maximum Gasteiger partial charge on any atom is 0.232 e. The van der Waals surface area contributed by atoms with Crippen molar-refractivity contribution in [3.63, 3.8) is 0 Å². The highest BCUT2D eigenvalue weighted by atomic mass is 35.5. The molecule has 14 heavy (non-hydrogen) atoms. The molecule has 0 heterocycles. The molecule has 1 rings (SSSR count). The van der Waals surface area contributed by atoms with Gasteiger partial charge < -0.3 is 0 Å². The molecular formula is C8H9ClFNO2S. The number of rotatable bonds is 3. The van der Waals surface area contributed by atoms with E-state index < -0.39 is 15.8 Å². The zero-order chi connectivity index (χ0) is 10.8. The molecule has 0 spiro atoms. The normalized spacial score (nSPS) is 11.4. The largest absolute Gasteiger partial charge is 0.282 e. The standard InChI is InChI=1S/C8H9ClFNO2S/c1-2-14(12,13)11-8-4-3-6(10)5-7(8)9/h3-5,11H,2H2,1H3. The predicted octanol–water partition coefficient (Wildman–Crippen LogP) is 2.24. The first-order valence-corrected chi connectivity index (χ1v) is 5.93. The fourth-order valence-corrected chi connectivity index (χ4v) is 1.74. The van der Waals surface area contributed by atoms with Gasteiger partial charge in [0.2, 0.25) is 10.0 Å². The maximum atomic E-state index is 12.6. The molecule has 1 aromatic rings. The number of hydrogen-bond acceptors (Lipinski definition) is 2. The minimum atomic E-state index is -3.36. The first-order valence-electron chi connectivity index (χ1n) is 3.90. The number of benzene rings is 1. The second-order valence-electron chi connectivity index (χ2n) is 2.63. The van der Waals surface area contributed by atoms with Crippen LogP contribution in [0, 0.1) is 5.82 Å². The molecule has 0 unspecified atom stereocenters. The SMILES string of the molecule is CCS(=O)(=O)Nc1ccc(F)cc1Cl. The van der Waals surface area contributed by atoms with Gasteiger partial charge in [0.15, 0.2) is 0 Å². The van der Waals surface area contributed by atoms with E-state index in [9.17, 15) is 12.8 Å². The molecule has 3 nitrogen and oxygen atoms in total. The summed E-state index contributed by atoms with van der Waals surface area (Å²) in [6.45, 7) is 1.50. The van der Waals surface area contributed by atoms with E-state index in [2.05, 4.69) is 4.72 Å². The fourth-order valence-electron chi connectivity index (χ4n) is 0.812. The minimum Gasteiger partial charge on any atom is -0.282 e. The molecule has 0 saturated carbocycles. The lowest BCUT2D eigenvalue weighted by molar-refractivity contribution is 0.602. The van der Waals surface area contributed by atoms with Gasteiger partial charge in [-0.2, -0.15) is 0 Å². The van der Waals surface area contributed by atoms with Crippen LogP contribution in [-0.2, 0) is 10.0 Å². The summed E-state index contributed by atoms with van der Waals surface area (Å²) in [5.41, 5.74) is 0.190. The Morgan fingerprint density at radius 3 is 2.64 bits per heavy atom. The third-order valence-corrected chi connectivity index (χ3v) is 3.18. The summed E-state index contributed by atoms with van der Waals surface area (Å²) in [6.07, 6.45) is 0.